The van der Waals surface area contributed by atoms with Gasteiger partial charge < -0.3 is 14.8 Å². The van der Waals surface area contributed by atoms with Crippen molar-refractivity contribution in [2.75, 3.05) is 11.9 Å². The van der Waals surface area contributed by atoms with Crippen molar-refractivity contribution >= 4 is 17.5 Å². The Bertz CT molecular complexity index is 1150. The van der Waals surface area contributed by atoms with Crippen molar-refractivity contribution in [2.24, 2.45) is 0 Å². The number of carbonyl (C=O) groups is 2. The lowest BCUT2D eigenvalue weighted by Gasteiger charge is -2.29. The van der Waals surface area contributed by atoms with Gasteiger partial charge in [-0.2, -0.15) is 0 Å². The van der Waals surface area contributed by atoms with Crippen molar-refractivity contribution in [3.8, 4) is 0 Å². The van der Waals surface area contributed by atoms with Crippen LogP contribution in [-0.4, -0.2) is 27.8 Å². The molecule has 0 atom stereocenters. The average molecular weight is 401 g/mol. The first-order valence-corrected chi connectivity index (χ1v) is 9.93. The monoisotopic (exact) mass is 401 g/mol. The zero-order chi connectivity index (χ0) is 21.1. The first-order valence-electron chi connectivity index (χ1n) is 9.93. The maximum Gasteiger partial charge on any atom is 0.254 e. The van der Waals surface area contributed by atoms with Crippen LogP contribution in [0.2, 0.25) is 0 Å². The number of amides is 2. The molecule has 0 aliphatic carbocycles. The summed E-state index contributed by atoms with van der Waals surface area (Å²) in [4.78, 5) is 38.8. The third kappa shape index (κ3) is 4.33. The Kier molecular flexibility index (Phi) is 5.48. The van der Waals surface area contributed by atoms with E-state index in [0.29, 0.717) is 24.3 Å². The smallest absolute Gasteiger partial charge is 0.254 e. The van der Waals surface area contributed by atoms with Crippen molar-refractivity contribution in [3.05, 3.63) is 99.5 Å². The molecule has 1 N–H and O–H groups in total. The summed E-state index contributed by atoms with van der Waals surface area (Å²) in [6.45, 7) is 3.11. The van der Waals surface area contributed by atoms with Gasteiger partial charge in [-0.05, 0) is 54.3 Å². The number of rotatable bonds is 4. The molecule has 2 heterocycles. The standard InChI is InChI=1S/C24H23N3O3/c1-17-6-11-23(29)27(14-17)16-22(28)25-21-9-7-19(8-10-21)24(30)26-13-12-18-4-2-3-5-20(18)15-26/h2-11,14H,12-13,15-16H2,1H3,(H,25,28). The van der Waals surface area contributed by atoms with Gasteiger partial charge in [0.1, 0.15) is 6.54 Å². The van der Waals surface area contributed by atoms with Gasteiger partial charge in [-0.15, -0.1) is 0 Å². The van der Waals surface area contributed by atoms with Crippen molar-refractivity contribution < 1.29 is 9.59 Å². The van der Waals surface area contributed by atoms with Gasteiger partial charge in [-0.3, -0.25) is 14.4 Å². The lowest BCUT2D eigenvalue weighted by Crippen LogP contribution is -2.35. The minimum absolute atomic E-state index is 0.0197. The number of fused-ring (bicyclic) bond motifs is 1. The summed E-state index contributed by atoms with van der Waals surface area (Å²) >= 11 is 0. The van der Waals surface area contributed by atoms with Gasteiger partial charge in [-0.1, -0.05) is 30.3 Å². The molecular formula is C24H23N3O3. The molecule has 152 valence electrons. The Morgan fingerprint density at radius 3 is 2.47 bits per heavy atom. The van der Waals surface area contributed by atoms with Crippen LogP contribution in [0.1, 0.15) is 27.0 Å². The number of benzene rings is 2. The number of pyridine rings is 1. The van der Waals surface area contributed by atoms with Crippen molar-refractivity contribution in [1.29, 1.82) is 0 Å². The maximum absolute atomic E-state index is 12.9. The zero-order valence-electron chi connectivity index (χ0n) is 16.8. The highest BCUT2D eigenvalue weighted by molar-refractivity contribution is 5.96. The molecular weight excluding hydrogens is 378 g/mol. The first kappa shape index (κ1) is 19.6. The highest BCUT2D eigenvalue weighted by Gasteiger charge is 2.21. The molecule has 0 saturated carbocycles. The topological polar surface area (TPSA) is 71.4 Å². The summed E-state index contributed by atoms with van der Waals surface area (Å²) in [7, 11) is 0. The molecule has 1 aliphatic heterocycles. The van der Waals surface area contributed by atoms with Gasteiger partial charge in [0.05, 0.1) is 0 Å². The van der Waals surface area contributed by atoms with Crippen LogP contribution >= 0.6 is 0 Å². The highest BCUT2D eigenvalue weighted by atomic mass is 16.2. The fourth-order valence-electron chi connectivity index (χ4n) is 3.68. The number of hydrogen-bond acceptors (Lipinski definition) is 3. The van der Waals surface area contributed by atoms with Crippen LogP contribution < -0.4 is 10.9 Å². The second kappa shape index (κ2) is 8.37. The molecule has 2 aromatic carbocycles. The Labute approximate surface area is 174 Å². The normalized spacial score (nSPS) is 12.9. The molecule has 2 amide bonds. The van der Waals surface area contributed by atoms with E-state index in [1.165, 1.54) is 21.8 Å². The van der Waals surface area contributed by atoms with E-state index in [1.807, 2.05) is 24.0 Å². The predicted octanol–water partition coefficient (Wildman–Crippen LogP) is 2.99. The van der Waals surface area contributed by atoms with E-state index < -0.39 is 0 Å². The van der Waals surface area contributed by atoms with Crippen molar-refractivity contribution in [2.45, 2.75) is 26.4 Å². The van der Waals surface area contributed by atoms with Crippen LogP contribution in [0.5, 0.6) is 0 Å². The SMILES string of the molecule is Cc1ccc(=O)n(CC(=O)Nc2ccc(C(=O)N3CCc4ccccc4C3)cc2)c1. The van der Waals surface area contributed by atoms with E-state index in [1.54, 1.807) is 36.5 Å². The summed E-state index contributed by atoms with van der Waals surface area (Å²) < 4.78 is 1.37. The summed E-state index contributed by atoms with van der Waals surface area (Å²) in [6.07, 6.45) is 2.51. The van der Waals surface area contributed by atoms with Gasteiger partial charge in [0.25, 0.3) is 11.5 Å². The van der Waals surface area contributed by atoms with Gasteiger partial charge in [0.15, 0.2) is 0 Å². The Hall–Kier alpha value is -3.67. The largest absolute Gasteiger partial charge is 0.334 e. The summed E-state index contributed by atoms with van der Waals surface area (Å²) in [5.41, 5.74) is 4.34. The van der Waals surface area contributed by atoms with Crippen LogP contribution in [0.4, 0.5) is 5.69 Å². The minimum atomic E-state index is -0.297. The van der Waals surface area contributed by atoms with Crippen molar-refractivity contribution in [1.82, 2.24) is 9.47 Å². The summed E-state index contributed by atoms with van der Waals surface area (Å²) in [5.74, 6) is -0.317. The fourth-order valence-corrected chi connectivity index (χ4v) is 3.68. The molecule has 4 rings (SSSR count). The van der Waals surface area contributed by atoms with E-state index >= 15 is 0 Å². The molecule has 0 radical (unpaired) electrons. The molecule has 0 saturated heterocycles. The van der Waals surface area contributed by atoms with Crippen LogP contribution in [-0.2, 0) is 24.3 Å². The van der Waals surface area contributed by atoms with Crippen LogP contribution in [0, 0.1) is 6.92 Å². The molecule has 30 heavy (non-hydrogen) atoms. The lowest BCUT2D eigenvalue weighted by molar-refractivity contribution is -0.116. The van der Waals surface area contributed by atoms with Gasteiger partial charge >= 0.3 is 0 Å². The predicted molar refractivity (Wildman–Crippen MR) is 115 cm³/mol. The average Bonchev–Trinajstić information content (AvgIpc) is 2.76. The number of aromatic nitrogens is 1. The summed E-state index contributed by atoms with van der Waals surface area (Å²) in [6, 6.07) is 18.2. The molecule has 1 aromatic heterocycles. The first-order chi connectivity index (χ1) is 14.5. The van der Waals surface area contributed by atoms with Gasteiger partial charge in [0, 0.05) is 36.6 Å². The Morgan fingerprint density at radius 2 is 1.70 bits per heavy atom. The number of carbonyl (C=O) groups excluding carboxylic acids is 2. The van der Waals surface area contributed by atoms with E-state index in [9.17, 15) is 14.4 Å². The fraction of sp³-hybridized carbons (Fsp3) is 0.208. The lowest BCUT2D eigenvalue weighted by atomic mass is 9.99. The van der Waals surface area contributed by atoms with Crippen molar-refractivity contribution in [3.63, 3.8) is 0 Å². The van der Waals surface area contributed by atoms with E-state index in [4.69, 9.17) is 0 Å². The third-order valence-corrected chi connectivity index (χ3v) is 5.28. The van der Waals surface area contributed by atoms with E-state index in [0.717, 1.165) is 12.0 Å². The highest BCUT2D eigenvalue weighted by Crippen LogP contribution is 2.21. The van der Waals surface area contributed by atoms with Crippen LogP contribution in [0.3, 0.4) is 0 Å². The van der Waals surface area contributed by atoms with E-state index in [-0.39, 0.29) is 23.9 Å². The van der Waals surface area contributed by atoms with Crippen LogP contribution in [0.25, 0.3) is 0 Å². The van der Waals surface area contributed by atoms with Gasteiger partial charge in [-0.25, -0.2) is 0 Å². The zero-order valence-corrected chi connectivity index (χ0v) is 16.8. The third-order valence-electron chi connectivity index (χ3n) is 5.28. The second-order valence-electron chi connectivity index (χ2n) is 7.54. The number of hydrogen-bond donors (Lipinski definition) is 1. The molecule has 3 aromatic rings. The number of nitrogens with zero attached hydrogens (tertiary/aromatic N) is 2. The molecule has 1 aliphatic rings. The molecule has 0 bridgehead atoms. The maximum atomic E-state index is 12.9. The molecule has 0 fully saturated rings. The number of anilines is 1. The second-order valence-corrected chi connectivity index (χ2v) is 7.54. The van der Waals surface area contributed by atoms with Crippen LogP contribution in [0.15, 0.2) is 71.7 Å². The minimum Gasteiger partial charge on any atom is -0.334 e. The number of aryl methyl sites for hydroxylation is 1. The quantitative estimate of drug-likeness (QED) is 0.731. The molecule has 0 spiro atoms. The Balaban J connectivity index is 1.39. The summed E-state index contributed by atoms with van der Waals surface area (Å²) in [5, 5.41) is 2.77. The number of nitrogens with one attached hydrogen (secondary N) is 1. The molecule has 0 unspecified atom stereocenters. The van der Waals surface area contributed by atoms with E-state index in [2.05, 4.69) is 17.4 Å². The van der Waals surface area contributed by atoms with Gasteiger partial charge in [0.2, 0.25) is 5.91 Å². The Morgan fingerprint density at radius 1 is 0.967 bits per heavy atom. The molecule has 6 nitrogen and oxygen atoms in total. The molecule has 6 heteroatoms.